The van der Waals surface area contributed by atoms with E-state index < -0.39 is 11.4 Å². The molecule has 31 heavy (non-hydrogen) atoms. The van der Waals surface area contributed by atoms with Crippen LogP contribution in [-0.4, -0.2) is 25.6 Å². The highest BCUT2D eigenvalue weighted by Gasteiger charge is 2.42. The lowest BCUT2D eigenvalue weighted by molar-refractivity contribution is -0.122. The number of hydrogen-bond donors (Lipinski definition) is 1. The lowest BCUT2D eigenvalue weighted by atomic mass is 9.68. The van der Waals surface area contributed by atoms with E-state index in [9.17, 15) is 14.0 Å². The molecule has 0 heterocycles. The molecule has 3 rings (SSSR count). The molecule has 5 nitrogen and oxygen atoms in total. The number of methoxy groups -OCH3 is 1. The molecule has 1 amide bonds. The van der Waals surface area contributed by atoms with E-state index in [1.54, 1.807) is 36.4 Å². The summed E-state index contributed by atoms with van der Waals surface area (Å²) < 4.78 is 25.3. The van der Waals surface area contributed by atoms with Gasteiger partial charge in [0, 0.05) is 11.3 Å². The summed E-state index contributed by atoms with van der Waals surface area (Å²) in [5.74, 6) is -0.744. The van der Waals surface area contributed by atoms with Crippen molar-refractivity contribution in [3.63, 3.8) is 0 Å². The van der Waals surface area contributed by atoms with Gasteiger partial charge in [-0.2, -0.15) is 0 Å². The van der Waals surface area contributed by atoms with Gasteiger partial charge in [0.1, 0.15) is 17.1 Å². The van der Waals surface area contributed by atoms with Crippen LogP contribution in [-0.2, 0) is 14.9 Å². The molecule has 2 aromatic carbocycles. The highest BCUT2D eigenvalue weighted by atomic mass is 19.1. The first-order valence-electron chi connectivity index (χ1n) is 10.9. The Labute approximate surface area is 182 Å². The molecular formula is C25H30FNO4. The van der Waals surface area contributed by atoms with Crippen molar-refractivity contribution in [2.45, 2.75) is 57.3 Å². The molecule has 1 saturated carbocycles. The number of anilines is 1. The Kier molecular flexibility index (Phi) is 7.66. The van der Waals surface area contributed by atoms with Gasteiger partial charge in [-0.15, -0.1) is 0 Å². The van der Waals surface area contributed by atoms with Crippen LogP contribution in [0.4, 0.5) is 10.1 Å². The van der Waals surface area contributed by atoms with Crippen molar-refractivity contribution in [3.8, 4) is 5.75 Å². The maximum Gasteiger partial charge on any atom is 0.341 e. The van der Waals surface area contributed by atoms with E-state index in [0.29, 0.717) is 36.4 Å². The molecule has 1 aliphatic carbocycles. The number of halogens is 1. The van der Waals surface area contributed by atoms with Gasteiger partial charge in [0.15, 0.2) is 0 Å². The van der Waals surface area contributed by atoms with Crippen LogP contribution in [0.2, 0.25) is 0 Å². The number of carbonyl (C=O) groups excluding carboxylic acids is 2. The molecule has 0 unspecified atom stereocenters. The molecular weight excluding hydrogens is 397 g/mol. The predicted molar refractivity (Wildman–Crippen MR) is 118 cm³/mol. The monoisotopic (exact) mass is 427 g/mol. The van der Waals surface area contributed by atoms with Crippen LogP contribution in [0, 0.1) is 5.82 Å². The Balaban J connectivity index is 1.90. The molecule has 0 aromatic heterocycles. The smallest absolute Gasteiger partial charge is 0.341 e. The molecule has 0 atom stereocenters. The summed E-state index contributed by atoms with van der Waals surface area (Å²) in [6.45, 7) is 2.54. The lowest BCUT2D eigenvalue weighted by Crippen LogP contribution is -2.42. The molecule has 6 heteroatoms. The van der Waals surface area contributed by atoms with E-state index in [2.05, 4.69) is 12.2 Å². The summed E-state index contributed by atoms with van der Waals surface area (Å²) in [6.07, 6.45) is 5.76. The Bertz CT molecular complexity index is 921. The van der Waals surface area contributed by atoms with Crippen molar-refractivity contribution in [1.82, 2.24) is 0 Å². The summed E-state index contributed by atoms with van der Waals surface area (Å²) in [5.41, 5.74) is 0.208. The predicted octanol–water partition coefficient (Wildman–Crippen LogP) is 5.63. The van der Waals surface area contributed by atoms with Gasteiger partial charge < -0.3 is 14.8 Å². The third kappa shape index (κ3) is 5.06. The van der Waals surface area contributed by atoms with E-state index in [1.807, 2.05) is 0 Å². The molecule has 1 aliphatic rings. The zero-order valence-electron chi connectivity index (χ0n) is 18.2. The number of benzene rings is 2. The number of esters is 1. The maximum absolute atomic E-state index is 14.7. The minimum absolute atomic E-state index is 0.250. The first-order chi connectivity index (χ1) is 15.0. The molecule has 166 valence electrons. The first kappa shape index (κ1) is 22.8. The standard InChI is InChI=1S/C25H30FNO4/c1-3-4-16-31-22-13-12-18(17-19(22)23(28)30-2)27-24(29)25(14-8-5-9-15-25)20-10-6-7-11-21(20)26/h6-7,10-13,17H,3-5,8-9,14-16H2,1-2H3,(H,27,29). The Morgan fingerprint density at radius 1 is 1.10 bits per heavy atom. The molecule has 1 N–H and O–H groups in total. The highest BCUT2D eigenvalue weighted by molar-refractivity contribution is 6.01. The van der Waals surface area contributed by atoms with Crippen molar-refractivity contribution in [3.05, 3.63) is 59.4 Å². The number of nitrogens with one attached hydrogen (secondary N) is 1. The number of ether oxygens (including phenoxy) is 2. The minimum atomic E-state index is -0.925. The second-order valence-electron chi connectivity index (χ2n) is 7.98. The Morgan fingerprint density at radius 3 is 2.52 bits per heavy atom. The van der Waals surface area contributed by atoms with Crippen LogP contribution >= 0.6 is 0 Å². The van der Waals surface area contributed by atoms with Crippen LogP contribution in [0.1, 0.15) is 67.8 Å². The number of rotatable bonds is 8. The van der Waals surface area contributed by atoms with Gasteiger partial charge in [-0.1, -0.05) is 50.8 Å². The van der Waals surface area contributed by atoms with E-state index >= 15 is 0 Å². The topological polar surface area (TPSA) is 64.6 Å². The summed E-state index contributed by atoms with van der Waals surface area (Å²) in [4.78, 5) is 25.7. The van der Waals surface area contributed by atoms with Gasteiger partial charge in [0.2, 0.25) is 5.91 Å². The van der Waals surface area contributed by atoms with Crippen molar-refractivity contribution in [2.24, 2.45) is 0 Å². The van der Waals surface area contributed by atoms with Crippen LogP contribution in [0.15, 0.2) is 42.5 Å². The fourth-order valence-corrected chi connectivity index (χ4v) is 4.20. The minimum Gasteiger partial charge on any atom is -0.493 e. The molecule has 1 fully saturated rings. The molecule has 2 aromatic rings. The van der Waals surface area contributed by atoms with E-state index in [-0.39, 0.29) is 17.3 Å². The van der Waals surface area contributed by atoms with E-state index in [4.69, 9.17) is 9.47 Å². The molecule has 0 radical (unpaired) electrons. The largest absolute Gasteiger partial charge is 0.493 e. The average molecular weight is 428 g/mol. The van der Waals surface area contributed by atoms with Crippen LogP contribution in [0.3, 0.4) is 0 Å². The van der Waals surface area contributed by atoms with Gasteiger partial charge in [-0.05, 0) is 43.5 Å². The van der Waals surface area contributed by atoms with Crippen molar-refractivity contribution in [1.29, 1.82) is 0 Å². The Morgan fingerprint density at radius 2 is 1.84 bits per heavy atom. The summed E-state index contributed by atoms with van der Waals surface area (Å²) in [6, 6.07) is 11.4. The maximum atomic E-state index is 14.7. The highest BCUT2D eigenvalue weighted by Crippen LogP contribution is 2.41. The van der Waals surface area contributed by atoms with Crippen LogP contribution in [0.5, 0.6) is 5.75 Å². The summed E-state index contributed by atoms with van der Waals surface area (Å²) in [5, 5.41) is 2.92. The zero-order chi connectivity index (χ0) is 22.3. The van der Waals surface area contributed by atoms with Gasteiger partial charge >= 0.3 is 5.97 Å². The lowest BCUT2D eigenvalue weighted by Gasteiger charge is -2.36. The molecule has 0 aliphatic heterocycles. The third-order valence-electron chi connectivity index (χ3n) is 5.93. The third-order valence-corrected chi connectivity index (χ3v) is 5.93. The van der Waals surface area contributed by atoms with Crippen molar-refractivity contribution >= 4 is 17.6 Å². The second kappa shape index (κ2) is 10.4. The van der Waals surface area contributed by atoms with Crippen LogP contribution in [0.25, 0.3) is 0 Å². The summed E-state index contributed by atoms with van der Waals surface area (Å²) >= 11 is 0. The molecule has 0 bridgehead atoms. The molecule has 0 saturated heterocycles. The van der Waals surface area contributed by atoms with E-state index in [1.165, 1.54) is 13.2 Å². The Hall–Kier alpha value is -2.89. The fraction of sp³-hybridized carbons (Fsp3) is 0.440. The van der Waals surface area contributed by atoms with Crippen LogP contribution < -0.4 is 10.1 Å². The van der Waals surface area contributed by atoms with Gasteiger partial charge in [0.05, 0.1) is 19.1 Å². The van der Waals surface area contributed by atoms with Crippen molar-refractivity contribution in [2.75, 3.05) is 19.0 Å². The zero-order valence-corrected chi connectivity index (χ0v) is 18.2. The normalized spacial score (nSPS) is 15.2. The van der Waals surface area contributed by atoms with Gasteiger partial charge in [-0.3, -0.25) is 4.79 Å². The summed E-state index contributed by atoms with van der Waals surface area (Å²) in [7, 11) is 1.30. The fourth-order valence-electron chi connectivity index (χ4n) is 4.20. The quantitative estimate of drug-likeness (QED) is 0.438. The van der Waals surface area contributed by atoms with Gasteiger partial charge in [0.25, 0.3) is 0 Å². The average Bonchev–Trinajstić information content (AvgIpc) is 2.80. The second-order valence-corrected chi connectivity index (χ2v) is 7.98. The SMILES string of the molecule is CCCCOc1ccc(NC(=O)C2(c3ccccc3F)CCCCC2)cc1C(=O)OC. The first-order valence-corrected chi connectivity index (χ1v) is 10.9. The number of amides is 1. The number of carbonyl (C=O) groups is 2. The van der Waals surface area contributed by atoms with Crippen molar-refractivity contribution < 1.29 is 23.5 Å². The van der Waals surface area contributed by atoms with E-state index in [0.717, 1.165) is 32.1 Å². The number of hydrogen-bond acceptors (Lipinski definition) is 4. The number of unbranched alkanes of at least 4 members (excludes halogenated alkanes) is 1. The van der Waals surface area contributed by atoms with Gasteiger partial charge in [-0.25, -0.2) is 9.18 Å². The molecule has 0 spiro atoms.